The molecule has 2 aromatic heterocycles. The number of aliphatic hydroxyl groups is 1. The van der Waals surface area contributed by atoms with Crippen LogP contribution >= 0.6 is 0 Å². The fraction of sp³-hybridized carbons (Fsp3) is 0.545. The average molecular weight is 406 g/mol. The van der Waals surface area contributed by atoms with Crippen molar-refractivity contribution in [3.63, 3.8) is 0 Å². The summed E-state index contributed by atoms with van der Waals surface area (Å²) in [6, 6.07) is 9.99. The number of aromatic nitrogens is 5. The summed E-state index contributed by atoms with van der Waals surface area (Å²) in [6.07, 6.45) is 6.75. The topological polar surface area (TPSA) is 93.1 Å². The quantitative estimate of drug-likeness (QED) is 0.712. The van der Waals surface area contributed by atoms with Crippen molar-refractivity contribution in [2.24, 2.45) is 11.8 Å². The number of hydrogen-bond donors (Lipinski definition) is 1. The Morgan fingerprint density at radius 2 is 1.83 bits per heavy atom. The Hall–Kier alpha value is -2.74. The molecule has 3 aromatic rings. The molecule has 6 rings (SSSR count). The summed E-state index contributed by atoms with van der Waals surface area (Å²) in [4.78, 5) is 6.89. The molecule has 1 aliphatic heterocycles. The van der Waals surface area contributed by atoms with Crippen LogP contribution in [-0.2, 0) is 0 Å². The van der Waals surface area contributed by atoms with E-state index in [2.05, 4.69) is 25.4 Å². The smallest absolute Gasteiger partial charge is 0.266 e. The van der Waals surface area contributed by atoms with Gasteiger partial charge in [0.25, 0.3) is 5.95 Å². The maximum atomic E-state index is 10.9. The first kappa shape index (κ1) is 18.1. The van der Waals surface area contributed by atoms with Crippen LogP contribution in [0.3, 0.4) is 0 Å². The molecule has 0 spiro atoms. The second-order valence-electron chi connectivity index (χ2n) is 9.04. The van der Waals surface area contributed by atoms with Crippen molar-refractivity contribution in [1.82, 2.24) is 25.1 Å². The first-order chi connectivity index (χ1) is 14.7. The number of anilines is 1. The Bertz CT molecular complexity index is 1010. The van der Waals surface area contributed by atoms with E-state index in [-0.39, 0.29) is 6.04 Å². The van der Waals surface area contributed by atoms with Gasteiger partial charge >= 0.3 is 0 Å². The van der Waals surface area contributed by atoms with Crippen molar-refractivity contribution in [1.29, 1.82) is 0 Å². The second-order valence-corrected chi connectivity index (χ2v) is 9.04. The lowest BCUT2D eigenvalue weighted by molar-refractivity contribution is 0.0299. The molecular formula is C22H26N6O2. The number of fused-ring (bicyclic) bond motifs is 1. The molecule has 1 N–H and O–H groups in total. The monoisotopic (exact) mass is 406 g/mol. The predicted molar refractivity (Wildman–Crippen MR) is 110 cm³/mol. The molecule has 0 bridgehead atoms. The van der Waals surface area contributed by atoms with E-state index in [0.717, 1.165) is 55.9 Å². The highest BCUT2D eigenvalue weighted by atomic mass is 16.5. The molecular weight excluding hydrogens is 380 g/mol. The molecule has 0 radical (unpaired) electrons. The Kier molecular flexibility index (Phi) is 4.33. The third-order valence-electron chi connectivity index (χ3n) is 7.20. The summed E-state index contributed by atoms with van der Waals surface area (Å²) in [5, 5.41) is 23.8. The Labute approximate surface area is 174 Å². The number of aliphatic hydroxyl groups excluding tert-OH is 1. The van der Waals surface area contributed by atoms with E-state index in [4.69, 9.17) is 4.52 Å². The maximum Gasteiger partial charge on any atom is 0.266 e. The first-order valence-electron chi connectivity index (χ1n) is 11.0. The van der Waals surface area contributed by atoms with Crippen LogP contribution in [0.4, 0.5) is 5.95 Å². The van der Waals surface area contributed by atoms with E-state index in [1.54, 1.807) is 0 Å². The van der Waals surface area contributed by atoms with Crippen LogP contribution in [-0.4, -0.2) is 49.4 Å². The van der Waals surface area contributed by atoms with Gasteiger partial charge in [0.1, 0.15) is 5.69 Å². The number of nitrogens with zero attached hydrogens (tertiary/aromatic N) is 6. The van der Waals surface area contributed by atoms with Gasteiger partial charge in [-0.2, -0.15) is 4.98 Å². The normalized spacial score (nSPS) is 29.0. The lowest BCUT2D eigenvalue weighted by Gasteiger charge is -2.34. The highest BCUT2D eigenvalue weighted by Crippen LogP contribution is 2.43. The summed E-state index contributed by atoms with van der Waals surface area (Å²) in [6.45, 7) is 1.78. The summed E-state index contributed by atoms with van der Waals surface area (Å²) in [7, 11) is 0. The minimum atomic E-state index is -0.424. The van der Waals surface area contributed by atoms with Gasteiger partial charge in [0.15, 0.2) is 0 Å². The standard InChI is InChI=1S/C22H26N6O2/c29-20-10-17-12-27(22-23-21(30-25-22)15-7-4-8-15)11-16(17)9-19(20)28-13-18(24-26-28)14-5-2-1-3-6-14/h1-3,5-6,13,15-17,19-20,29H,4,7-12H2/t16-,17+,19-,20-/m1/s1. The summed E-state index contributed by atoms with van der Waals surface area (Å²) in [5.74, 6) is 2.88. The van der Waals surface area contributed by atoms with E-state index < -0.39 is 6.10 Å². The van der Waals surface area contributed by atoms with Crippen molar-refractivity contribution in [2.45, 2.75) is 50.2 Å². The second kappa shape index (κ2) is 7.19. The molecule has 1 saturated heterocycles. The molecule has 8 heteroatoms. The van der Waals surface area contributed by atoms with Crippen LogP contribution in [0.25, 0.3) is 11.3 Å². The van der Waals surface area contributed by atoms with Crippen LogP contribution in [0.1, 0.15) is 50.0 Å². The molecule has 8 nitrogen and oxygen atoms in total. The summed E-state index contributed by atoms with van der Waals surface area (Å²) in [5.41, 5.74) is 1.88. The first-order valence-corrected chi connectivity index (χ1v) is 11.0. The molecule has 2 aliphatic carbocycles. The zero-order valence-corrected chi connectivity index (χ0v) is 16.8. The average Bonchev–Trinajstić information content (AvgIpc) is 3.46. The SMILES string of the molecule is O[C@@H]1C[C@H]2CN(c3noc(C4CCC4)n3)C[C@H]2C[C@H]1n1cc(-c2ccccc2)nn1. The van der Waals surface area contributed by atoms with Crippen molar-refractivity contribution < 1.29 is 9.63 Å². The fourth-order valence-corrected chi connectivity index (χ4v) is 5.21. The van der Waals surface area contributed by atoms with Gasteiger partial charge in [-0.05, 0) is 42.7 Å². The largest absolute Gasteiger partial charge is 0.391 e. The van der Waals surface area contributed by atoms with Crippen molar-refractivity contribution >= 4 is 5.95 Å². The lowest BCUT2D eigenvalue weighted by Crippen LogP contribution is -2.36. The molecule has 156 valence electrons. The Balaban J connectivity index is 1.17. The van der Waals surface area contributed by atoms with Crippen molar-refractivity contribution in [3.05, 3.63) is 42.4 Å². The van der Waals surface area contributed by atoms with E-state index in [1.165, 1.54) is 6.42 Å². The molecule has 2 saturated carbocycles. The molecule has 30 heavy (non-hydrogen) atoms. The molecule has 3 fully saturated rings. The third-order valence-corrected chi connectivity index (χ3v) is 7.20. The van der Waals surface area contributed by atoms with Gasteiger partial charge in [-0.15, -0.1) is 5.10 Å². The van der Waals surface area contributed by atoms with Crippen molar-refractivity contribution in [2.75, 3.05) is 18.0 Å². The highest BCUT2D eigenvalue weighted by Gasteiger charge is 2.44. The number of hydrogen-bond acceptors (Lipinski definition) is 7. The van der Waals surface area contributed by atoms with Crippen LogP contribution in [0.2, 0.25) is 0 Å². The van der Waals surface area contributed by atoms with Gasteiger partial charge in [0, 0.05) is 24.6 Å². The van der Waals surface area contributed by atoms with E-state index in [9.17, 15) is 5.11 Å². The van der Waals surface area contributed by atoms with Gasteiger partial charge in [0.05, 0.1) is 18.3 Å². The van der Waals surface area contributed by atoms with E-state index in [0.29, 0.717) is 23.7 Å². The fourth-order valence-electron chi connectivity index (χ4n) is 5.21. The van der Waals surface area contributed by atoms with E-state index in [1.807, 2.05) is 41.2 Å². The van der Waals surface area contributed by atoms with Gasteiger partial charge < -0.3 is 14.5 Å². The van der Waals surface area contributed by atoms with Gasteiger partial charge in [0.2, 0.25) is 5.89 Å². The molecule has 0 unspecified atom stereocenters. The highest BCUT2D eigenvalue weighted by molar-refractivity contribution is 5.57. The van der Waals surface area contributed by atoms with Crippen LogP contribution < -0.4 is 4.90 Å². The van der Waals surface area contributed by atoms with Gasteiger partial charge in [-0.3, -0.25) is 0 Å². The van der Waals surface area contributed by atoms with E-state index >= 15 is 0 Å². The molecule has 0 amide bonds. The minimum Gasteiger partial charge on any atom is -0.391 e. The third kappa shape index (κ3) is 3.10. The zero-order chi connectivity index (χ0) is 20.1. The van der Waals surface area contributed by atoms with Gasteiger partial charge in [-0.1, -0.05) is 42.0 Å². The van der Waals surface area contributed by atoms with Crippen molar-refractivity contribution in [3.8, 4) is 11.3 Å². The summed E-state index contributed by atoms with van der Waals surface area (Å²) < 4.78 is 7.37. The number of rotatable bonds is 4. The predicted octanol–water partition coefficient (Wildman–Crippen LogP) is 3.04. The number of benzene rings is 1. The maximum absolute atomic E-state index is 10.9. The van der Waals surface area contributed by atoms with Crippen LogP contribution in [0.15, 0.2) is 41.1 Å². The molecule has 3 aliphatic rings. The minimum absolute atomic E-state index is 0.0491. The molecule has 4 atom stereocenters. The summed E-state index contributed by atoms with van der Waals surface area (Å²) >= 11 is 0. The zero-order valence-electron chi connectivity index (χ0n) is 16.8. The van der Waals surface area contributed by atoms with Crippen LogP contribution in [0.5, 0.6) is 0 Å². The van der Waals surface area contributed by atoms with Crippen LogP contribution in [0, 0.1) is 11.8 Å². The van der Waals surface area contributed by atoms with Gasteiger partial charge in [-0.25, -0.2) is 4.68 Å². The Morgan fingerprint density at radius 1 is 1.03 bits per heavy atom. The lowest BCUT2D eigenvalue weighted by atomic mass is 9.77. The molecule has 1 aromatic carbocycles. The Morgan fingerprint density at radius 3 is 2.60 bits per heavy atom. The molecule has 3 heterocycles.